The van der Waals surface area contributed by atoms with Crippen molar-refractivity contribution < 1.29 is 31.1 Å². The highest BCUT2D eigenvalue weighted by Gasteiger charge is 2.39. The van der Waals surface area contributed by atoms with Crippen molar-refractivity contribution in [2.24, 2.45) is 0 Å². The predicted molar refractivity (Wildman–Crippen MR) is 63.0 cm³/mol. The number of hydrogen-bond acceptors (Lipinski definition) is 1. The van der Waals surface area contributed by atoms with E-state index in [-0.39, 0.29) is 11.8 Å². The molecule has 2 aromatic rings. The summed E-state index contributed by atoms with van der Waals surface area (Å²) in [4.78, 5) is 0. The zero-order chi connectivity index (χ0) is 15.7. The Kier molecular flexibility index (Phi) is 3.85. The van der Waals surface area contributed by atoms with E-state index in [1.54, 1.807) is 6.07 Å². The van der Waals surface area contributed by atoms with Crippen LogP contribution < -0.4 is 4.74 Å². The average Bonchev–Trinajstić information content (AvgIpc) is 2.38. The molecule has 112 valence electrons. The van der Waals surface area contributed by atoms with Crippen LogP contribution in [0.25, 0.3) is 0 Å². The van der Waals surface area contributed by atoms with Crippen LogP contribution in [-0.4, -0.2) is 0 Å². The van der Waals surface area contributed by atoms with E-state index >= 15 is 0 Å². The molecule has 0 spiro atoms. The summed E-state index contributed by atoms with van der Waals surface area (Å²) < 4.78 is 81.2. The van der Waals surface area contributed by atoms with Crippen LogP contribution in [0, 0.1) is 0 Å². The molecule has 2 aromatic carbocycles. The normalized spacial score (nSPS) is 12.3. The predicted octanol–water partition coefficient (Wildman–Crippen LogP) is 5.52. The van der Waals surface area contributed by atoms with E-state index in [1.807, 2.05) is 0 Å². The maximum atomic E-state index is 12.9. The van der Waals surface area contributed by atoms with Crippen LogP contribution in [0.3, 0.4) is 0 Å². The Morgan fingerprint density at radius 1 is 0.714 bits per heavy atom. The Morgan fingerprint density at radius 3 is 1.86 bits per heavy atom. The van der Waals surface area contributed by atoms with E-state index in [0.717, 1.165) is 0 Å². The van der Waals surface area contributed by atoms with Gasteiger partial charge in [-0.1, -0.05) is 18.2 Å². The maximum Gasteiger partial charge on any atom is 0.420 e. The highest BCUT2D eigenvalue weighted by atomic mass is 19.4. The second-order valence-electron chi connectivity index (χ2n) is 4.12. The van der Waals surface area contributed by atoms with Crippen molar-refractivity contribution in [3.8, 4) is 11.5 Å². The first-order valence-corrected chi connectivity index (χ1v) is 5.69. The van der Waals surface area contributed by atoms with Gasteiger partial charge in [0, 0.05) is 0 Å². The molecule has 0 saturated carbocycles. The van der Waals surface area contributed by atoms with Gasteiger partial charge in [-0.05, 0) is 30.3 Å². The second-order valence-corrected chi connectivity index (χ2v) is 4.12. The molecular weight excluding hydrogens is 298 g/mol. The molecule has 0 aliphatic rings. The smallest absolute Gasteiger partial charge is 0.420 e. The molecular formula is C14H8F6O. The first-order valence-electron chi connectivity index (χ1n) is 5.69. The van der Waals surface area contributed by atoms with Gasteiger partial charge in [-0.15, -0.1) is 0 Å². The SMILES string of the molecule is FC(F)(F)c1ccc(Oc2ccccc2)c(C(F)(F)F)c1. The molecule has 1 nitrogen and oxygen atoms in total. The first kappa shape index (κ1) is 15.2. The first-order chi connectivity index (χ1) is 9.68. The van der Waals surface area contributed by atoms with E-state index < -0.39 is 29.2 Å². The van der Waals surface area contributed by atoms with Crippen molar-refractivity contribution in [2.45, 2.75) is 12.4 Å². The van der Waals surface area contributed by atoms with Gasteiger partial charge in [-0.2, -0.15) is 26.3 Å². The van der Waals surface area contributed by atoms with Gasteiger partial charge in [-0.3, -0.25) is 0 Å². The van der Waals surface area contributed by atoms with Gasteiger partial charge in [0.25, 0.3) is 0 Å². The summed E-state index contributed by atoms with van der Waals surface area (Å²) in [6, 6.07) is 8.75. The number of alkyl halides is 6. The highest BCUT2D eigenvalue weighted by molar-refractivity contribution is 5.43. The van der Waals surface area contributed by atoms with Crippen molar-refractivity contribution >= 4 is 0 Å². The third-order valence-electron chi connectivity index (χ3n) is 2.58. The molecule has 0 fully saturated rings. The lowest BCUT2D eigenvalue weighted by atomic mass is 10.1. The average molecular weight is 306 g/mol. The van der Waals surface area contributed by atoms with E-state index in [0.29, 0.717) is 12.1 Å². The van der Waals surface area contributed by atoms with Gasteiger partial charge >= 0.3 is 12.4 Å². The summed E-state index contributed by atoms with van der Waals surface area (Å²) >= 11 is 0. The monoisotopic (exact) mass is 306 g/mol. The number of para-hydroxylation sites is 1. The molecule has 0 unspecified atom stereocenters. The Morgan fingerprint density at radius 2 is 1.33 bits per heavy atom. The molecule has 0 atom stereocenters. The molecule has 21 heavy (non-hydrogen) atoms. The molecule has 0 aliphatic heterocycles. The molecule has 0 bridgehead atoms. The summed E-state index contributed by atoms with van der Waals surface area (Å²) in [6.45, 7) is 0. The second kappa shape index (κ2) is 5.31. The minimum Gasteiger partial charge on any atom is -0.457 e. The van der Waals surface area contributed by atoms with Gasteiger partial charge < -0.3 is 4.74 Å². The quantitative estimate of drug-likeness (QED) is 0.664. The topological polar surface area (TPSA) is 9.23 Å². The van der Waals surface area contributed by atoms with E-state index in [4.69, 9.17) is 4.74 Å². The van der Waals surface area contributed by atoms with Gasteiger partial charge in [0.05, 0.1) is 11.1 Å². The van der Waals surface area contributed by atoms with Gasteiger partial charge in [0.15, 0.2) is 0 Å². The molecule has 7 heteroatoms. The fourth-order valence-corrected chi connectivity index (χ4v) is 1.63. The van der Waals surface area contributed by atoms with Crippen molar-refractivity contribution in [3.63, 3.8) is 0 Å². The van der Waals surface area contributed by atoms with E-state index in [1.165, 1.54) is 24.3 Å². The number of ether oxygens (including phenoxy) is 1. The molecule has 0 radical (unpaired) electrons. The van der Waals surface area contributed by atoms with Crippen LogP contribution in [0.4, 0.5) is 26.3 Å². The molecule has 0 amide bonds. The minimum absolute atomic E-state index is 0.0400. The summed E-state index contributed by atoms with van der Waals surface area (Å²) in [5.74, 6) is -0.579. The van der Waals surface area contributed by atoms with Gasteiger partial charge in [-0.25, -0.2) is 0 Å². The van der Waals surface area contributed by atoms with Crippen molar-refractivity contribution in [1.82, 2.24) is 0 Å². The van der Waals surface area contributed by atoms with Crippen LogP contribution in [-0.2, 0) is 12.4 Å². The number of hydrogen-bond donors (Lipinski definition) is 0. The van der Waals surface area contributed by atoms with Crippen molar-refractivity contribution in [3.05, 3.63) is 59.7 Å². The standard InChI is InChI=1S/C14H8F6O/c15-13(16,17)9-6-7-12(11(8-9)14(18,19)20)21-10-4-2-1-3-5-10/h1-8H. The summed E-state index contributed by atoms with van der Waals surface area (Å²) in [5.41, 5.74) is -2.85. The fraction of sp³-hybridized carbons (Fsp3) is 0.143. The Labute approximate surface area is 115 Å². The molecule has 0 saturated heterocycles. The lowest BCUT2D eigenvalue weighted by Crippen LogP contribution is -2.11. The van der Waals surface area contributed by atoms with Crippen molar-refractivity contribution in [1.29, 1.82) is 0 Å². The lowest BCUT2D eigenvalue weighted by Gasteiger charge is -2.16. The van der Waals surface area contributed by atoms with Crippen LogP contribution in [0.2, 0.25) is 0 Å². The maximum absolute atomic E-state index is 12.9. The number of rotatable bonds is 2. The Balaban J connectivity index is 2.46. The molecule has 0 N–H and O–H groups in total. The highest BCUT2D eigenvalue weighted by Crippen LogP contribution is 2.41. The van der Waals surface area contributed by atoms with Crippen LogP contribution in [0.5, 0.6) is 11.5 Å². The van der Waals surface area contributed by atoms with Crippen molar-refractivity contribution in [2.75, 3.05) is 0 Å². The summed E-state index contributed by atoms with van der Waals surface area (Å²) in [7, 11) is 0. The largest absolute Gasteiger partial charge is 0.457 e. The van der Waals surface area contributed by atoms with Gasteiger partial charge in [0.2, 0.25) is 0 Å². The number of halogens is 6. The van der Waals surface area contributed by atoms with Crippen LogP contribution in [0.15, 0.2) is 48.5 Å². The fourth-order valence-electron chi connectivity index (χ4n) is 1.63. The molecule has 0 aromatic heterocycles. The van der Waals surface area contributed by atoms with Crippen LogP contribution in [0.1, 0.15) is 11.1 Å². The van der Waals surface area contributed by atoms with E-state index in [2.05, 4.69) is 0 Å². The van der Waals surface area contributed by atoms with E-state index in [9.17, 15) is 26.3 Å². The third-order valence-corrected chi connectivity index (χ3v) is 2.58. The molecule has 0 aliphatic carbocycles. The lowest BCUT2D eigenvalue weighted by molar-refractivity contribution is -0.143. The third kappa shape index (κ3) is 3.68. The zero-order valence-electron chi connectivity index (χ0n) is 10.3. The van der Waals surface area contributed by atoms with Crippen LogP contribution >= 0.6 is 0 Å². The van der Waals surface area contributed by atoms with Gasteiger partial charge in [0.1, 0.15) is 11.5 Å². The zero-order valence-corrected chi connectivity index (χ0v) is 10.3. The molecule has 0 heterocycles. The summed E-state index contributed by atoms with van der Waals surface area (Å²) in [6.07, 6.45) is -9.81. The summed E-state index contributed by atoms with van der Waals surface area (Å²) in [5, 5.41) is 0. The molecule has 2 rings (SSSR count). The minimum atomic E-state index is -4.95. The Bertz CT molecular complexity index is 616. The number of benzene rings is 2. The Hall–Kier alpha value is -2.18.